The van der Waals surface area contributed by atoms with E-state index in [0.717, 1.165) is 17.0 Å². The van der Waals surface area contributed by atoms with E-state index >= 15 is 0 Å². The highest BCUT2D eigenvalue weighted by atomic mass is 19.1. The van der Waals surface area contributed by atoms with Gasteiger partial charge in [0.15, 0.2) is 0 Å². The molecule has 5 nitrogen and oxygen atoms in total. The van der Waals surface area contributed by atoms with Gasteiger partial charge in [0.1, 0.15) is 17.4 Å². The number of ether oxygens (including phenoxy) is 1. The summed E-state index contributed by atoms with van der Waals surface area (Å²) in [5, 5.41) is 6.29. The summed E-state index contributed by atoms with van der Waals surface area (Å²) in [5.74, 6) is 1.64. The molecular weight excluding hydrogens is 319 g/mol. The molecule has 25 heavy (non-hydrogen) atoms. The molecule has 2 N–H and O–H groups in total. The average molecular weight is 338 g/mol. The summed E-state index contributed by atoms with van der Waals surface area (Å²) >= 11 is 0. The Morgan fingerprint density at radius 1 is 1.04 bits per heavy atom. The molecule has 0 spiro atoms. The summed E-state index contributed by atoms with van der Waals surface area (Å²) in [7, 11) is 1.64. The summed E-state index contributed by atoms with van der Waals surface area (Å²) in [6, 6.07) is 15.8. The molecule has 1 heterocycles. The third-order valence-corrected chi connectivity index (χ3v) is 3.56. The Hall–Kier alpha value is -3.15. The summed E-state index contributed by atoms with van der Waals surface area (Å²) < 4.78 is 18.4. The minimum absolute atomic E-state index is 0.298. The molecule has 0 radical (unpaired) electrons. The van der Waals surface area contributed by atoms with E-state index in [1.165, 1.54) is 12.1 Å². The highest BCUT2D eigenvalue weighted by Crippen LogP contribution is 2.18. The Morgan fingerprint density at radius 3 is 2.56 bits per heavy atom. The largest absolute Gasteiger partial charge is 0.497 e. The zero-order valence-electron chi connectivity index (χ0n) is 14.1. The van der Waals surface area contributed by atoms with Crippen LogP contribution in [0.2, 0.25) is 0 Å². The molecule has 0 saturated carbocycles. The minimum Gasteiger partial charge on any atom is -0.497 e. The van der Waals surface area contributed by atoms with Gasteiger partial charge < -0.3 is 15.4 Å². The monoisotopic (exact) mass is 338 g/mol. The molecular formula is C19H19FN4O. The van der Waals surface area contributed by atoms with Crippen LogP contribution in [0.3, 0.4) is 0 Å². The van der Waals surface area contributed by atoms with Crippen LogP contribution in [0.1, 0.15) is 11.3 Å². The van der Waals surface area contributed by atoms with Crippen LogP contribution in [0.25, 0.3) is 0 Å². The van der Waals surface area contributed by atoms with Crippen LogP contribution in [-0.4, -0.2) is 17.1 Å². The molecule has 0 aliphatic rings. The highest BCUT2D eigenvalue weighted by Gasteiger charge is 2.04. The number of anilines is 3. The predicted molar refractivity (Wildman–Crippen MR) is 96.8 cm³/mol. The van der Waals surface area contributed by atoms with Crippen LogP contribution in [-0.2, 0) is 6.54 Å². The summed E-state index contributed by atoms with van der Waals surface area (Å²) in [4.78, 5) is 8.81. The molecule has 6 heteroatoms. The van der Waals surface area contributed by atoms with Crippen LogP contribution in [0, 0.1) is 12.7 Å². The number of nitrogens with one attached hydrogen (secondary N) is 2. The van der Waals surface area contributed by atoms with Crippen molar-refractivity contribution in [3.8, 4) is 5.75 Å². The number of rotatable bonds is 6. The van der Waals surface area contributed by atoms with E-state index in [0.29, 0.717) is 24.0 Å². The number of benzene rings is 2. The van der Waals surface area contributed by atoms with Gasteiger partial charge in [0, 0.05) is 24.0 Å². The second-order valence-corrected chi connectivity index (χ2v) is 5.56. The van der Waals surface area contributed by atoms with Crippen molar-refractivity contribution in [2.75, 3.05) is 17.7 Å². The second-order valence-electron chi connectivity index (χ2n) is 5.56. The summed E-state index contributed by atoms with van der Waals surface area (Å²) in [5.41, 5.74) is 2.54. The maximum absolute atomic E-state index is 13.3. The molecule has 0 saturated heterocycles. The van der Waals surface area contributed by atoms with Gasteiger partial charge in [-0.2, -0.15) is 4.98 Å². The first-order chi connectivity index (χ1) is 12.1. The number of nitrogens with zero attached hydrogens (tertiary/aromatic N) is 2. The number of hydrogen-bond acceptors (Lipinski definition) is 5. The molecule has 0 aliphatic heterocycles. The van der Waals surface area contributed by atoms with Gasteiger partial charge in [0.25, 0.3) is 0 Å². The number of methoxy groups -OCH3 is 1. The highest BCUT2D eigenvalue weighted by molar-refractivity contribution is 5.57. The lowest BCUT2D eigenvalue weighted by Crippen LogP contribution is -2.06. The fourth-order valence-corrected chi connectivity index (χ4v) is 2.35. The van der Waals surface area contributed by atoms with E-state index in [9.17, 15) is 4.39 Å². The van der Waals surface area contributed by atoms with E-state index in [-0.39, 0.29) is 5.82 Å². The Morgan fingerprint density at radius 2 is 1.84 bits per heavy atom. The standard InChI is InChI=1S/C19H19FN4O/c1-13-10-18(23-16-5-3-4-15(20)11-16)24-19(22-13)21-12-14-6-8-17(25-2)9-7-14/h3-11H,12H2,1-2H3,(H2,21,22,23,24). The fourth-order valence-electron chi connectivity index (χ4n) is 2.35. The lowest BCUT2D eigenvalue weighted by molar-refractivity contribution is 0.414. The Bertz CT molecular complexity index is 852. The fraction of sp³-hybridized carbons (Fsp3) is 0.158. The second kappa shape index (κ2) is 7.61. The lowest BCUT2D eigenvalue weighted by atomic mass is 10.2. The number of aromatic nitrogens is 2. The van der Waals surface area contributed by atoms with E-state index in [2.05, 4.69) is 20.6 Å². The van der Waals surface area contributed by atoms with Crippen molar-refractivity contribution in [3.63, 3.8) is 0 Å². The van der Waals surface area contributed by atoms with Gasteiger partial charge in [-0.1, -0.05) is 18.2 Å². The minimum atomic E-state index is -0.298. The molecule has 0 amide bonds. The van der Waals surface area contributed by atoms with Gasteiger partial charge in [0.05, 0.1) is 7.11 Å². The van der Waals surface area contributed by atoms with Gasteiger partial charge in [-0.05, 0) is 42.8 Å². The molecule has 0 atom stereocenters. The van der Waals surface area contributed by atoms with Crippen LogP contribution in [0.5, 0.6) is 5.75 Å². The van der Waals surface area contributed by atoms with Crippen molar-refractivity contribution in [3.05, 3.63) is 71.7 Å². The predicted octanol–water partition coefficient (Wildman–Crippen LogP) is 4.29. The first-order valence-corrected chi connectivity index (χ1v) is 7.87. The zero-order valence-corrected chi connectivity index (χ0v) is 14.1. The third-order valence-electron chi connectivity index (χ3n) is 3.56. The molecule has 0 unspecified atom stereocenters. The maximum Gasteiger partial charge on any atom is 0.225 e. The van der Waals surface area contributed by atoms with Gasteiger partial charge in [0.2, 0.25) is 5.95 Å². The molecule has 0 bridgehead atoms. The van der Waals surface area contributed by atoms with Crippen LogP contribution in [0.4, 0.5) is 21.8 Å². The van der Waals surface area contributed by atoms with E-state index in [1.807, 2.05) is 37.3 Å². The average Bonchev–Trinajstić information content (AvgIpc) is 2.60. The number of aryl methyl sites for hydroxylation is 1. The van der Waals surface area contributed by atoms with Crippen molar-refractivity contribution in [1.29, 1.82) is 0 Å². The summed E-state index contributed by atoms with van der Waals surface area (Å²) in [6.45, 7) is 2.48. The van der Waals surface area contributed by atoms with Gasteiger partial charge >= 0.3 is 0 Å². The topological polar surface area (TPSA) is 59.1 Å². The van der Waals surface area contributed by atoms with Crippen molar-refractivity contribution in [1.82, 2.24) is 9.97 Å². The van der Waals surface area contributed by atoms with Crippen molar-refractivity contribution in [2.24, 2.45) is 0 Å². The molecule has 3 aromatic rings. The summed E-state index contributed by atoms with van der Waals surface area (Å²) in [6.07, 6.45) is 0. The van der Waals surface area contributed by atoms with Crippen LogP contribution >= 0.6 is 0 Å². The van der Waals surface area contributed by atoms with Gasteiger partial charge in [-0.3, -0.25) is 0 Å². The molecule has 2 aromatic carbocycles. The molecule has 128 valence electrons. The van der Waals surface area contributed by atoms with Crippen molar-refractivity contribution < 1.29 is 9.13 Å². The zero-order chi connectivity index (χ0) is 17.6. The molecule has 1 aromatic heterocycles. The van der Waals surface area contributed by atoms with E-state index < -0.39 is 0 Å². The first-order valence-electron chi connectivity index (χ1n) is 7.87. The SMILES string of the molecule is COc1ccc(CNc2nc(C)cc(Nc3cccc(F)c3)n2)cc1. The first kappa shape index (κ1) is 16.7. The number of hydrogen-bond donors (Lipinski definition) is 2. The smallest absolute Gasteiger partial charge is 0.225 e. The normalized spacial score (nSPS) is 10.4. The Kier molecular flexibility index (Phi) is 5.09. The van der Waals surface area contributed by atoms with E-state index in [1.54, 1.807) is 19.2 Å². The Balaban J connectivity index is 1.70. The van der Waals surface area contributed by atoms with Crippen molar-refractivity contribution >= 4 is 17.5 Å². The van der Waals surface area contributed by atoms with Crippen molar-refractivity contribution in [2.45, 2.75) is 13.5 Å². The van der Waals surface area contributed by atoms with E-state index in [4.69, 9.17) is 4.74 Å². The lowest BCUT2D eigenvalue weighted by Gasteiger charge is -2.10. The van der Waals surface area contributed by atoms with Gasteiger partial charge in [-0.25, -0.2) is 9.37 Å². The third kappa shape index (κ3) is 4.67. The van der Waals surface area contributed by atoms with Gasteiger partial charge in [-0.15, -0.1) is 0 Å². The Labute approximate surface area is 145 Å². The quantitative estimate of drug-likeness (QED) is 0.702. The molecule has 0 fully saturated rings. The van der Waals surface area contributed by atoms with Crippen LogP contribution < -0.4 is 15.4 Å². The maximum atomic E-state index is 13.3. The molecule has 3 rings (SSSR count). The van der Waals surface area contributed by atoms with Crippen LogP contribution in [0.15, 0.2) is 54.6 Å². The molecule has 0 aliphatic carbocycles. The number of halogens is 1.